The molecule has 9 saturated heterocycles. The maximum Gasteiger partial charge on any atom is 0.262 e. The van der Waals surface area contributed by atoms with Gasteiger partial charge in [0.25, 0.3) is 17.7 Å². The number of nitrogens with one attached hydrogen (secondary N) is 3. The van der Waals surface area contributed by atoms with Crippen LogP contribution in [0.3, 0.4) is 0 Å². The number of nitriles is 1. The molecule has 9 aliphatic rings. The fourth-order valence-corrected chi connectivity index (χ4v) is 18.4. The van der Waals surface area contributed by atoms with Crippen molar-refractivity contribution in [2.45, 2.75) is 139 Å². The fraction of sp³-hybridized carbons (Fsp3) is 0.519. The monoisotopic (exact) mass is 1680 g/mol. The quantitative estimate of drug-likeness (QED) is 0.0209. The van der Waals surface area contributed by atoms with Crippen LogP contribution < -0.4 is 70.2 Å². The van der Waals surface area contributed by atoms with Crippen molar-refractivity contribution in [1.82, 2.24) is 16.0 Å². The van der Waals surface area contributed by atoms with Crippen LogP contribution in [0.4, 0.5) is 4.39 Å². The highest BCUT2D eigenvalue weighted by Gasteiger charge is 2.53. The number of thioether (sulfide) groups is 1. The standard InChI is InChI=1S/C26H33N3O4.C25H30BrFN2O3S2.C25H33N3O5.CH2O2.2BrH/c1-32-22-8-6-20(7-9-22)10-13-26(31,24-5-4-18-33-24)25(30)28-23-19-29(15-3-2-14-27)16-11-21(23)12-17-29;1-16-14-19(4-5-20(16)27)25(32,22-6-7-23(26)34-22)24(31)28-21-15-29(10-3-13-33-17(2)30)11-8-18(21)9-12-29;1-32-20-6-4-18(5-7-20)8-12-25(31,22-3-2-16-33-22)24(30)27-21-17-28(15-11-23(26)29)13-9-19(21)10-14-28;2-1-3;;/h4-9,18,21,23,31H,2-3,10-13,15-17,19H2,1H3;4-7,14,18,21,32H,3,8-13,15H2,1-2H3;2-7,16,19,21,31H,8-15,17H2,1H3,(H2-,26,27,29,30);1H,(H,2,3);2*1H/t21?,23-,26?,29?;18?,21-,25?,29?;19?,21-,25?,28?;;;/m000.../s1. The van der Waals surface area contributed by atoms with Gasteiger partial charge in [-0.3, -0.25) is 24.0 Å². The number of nitrogens with two attached hydrogens (primary N) is 1. The van der Waals surface area contributed by atoms with Crippen molar-refractivity contribution in [2.75, 3.05) is 98.5 Å². The molecule has 105 heavy (non-hydrogen) atoms. The van der Waals surface area contributed by atoms with Gasteiger partial charge in [0.2, 0.25) is 22.7 Å². The number of methoxy groups -OCH3 is 2. The number of amides is 4. The lowest BCUT2D eigenvalue weighted by Crippen LogP contribution is -3.00. The summed E-state index contributed by atoms with van der Waals surface area (Å²) in [6, 6.07) is 32.0. The summed E-state index contributed by atoms with van der Waals surface area (Å²) in [5.41, 5.74) is 2.74. The molecule has 3 unspecified atom stereocenters. The zero-order chi connectivity index (χ0) is 74.0. The third-order valence-corrected chi connectivity index (χ3v) is 25.0. The van der Waals surface area contributed by atoms with Gasteiger partial charge in [0, 0.05) is 76.9 Å². The first-order valence-electron chi connectivity index (χ1n) is 35.7. The number of carboxylic acid groups (broad SMARTS) is 1. The van der Waals surface area contributed by atoms with Crippen molar-refractivity contribution in [1.29, 1.82) is 5.26 Å². The van der Waals surface area contributed by atoms with E-state index in [0.717, 1.165) is 169 Å². The van der Waals surface area contributed by atoms with Gasteiger partial charge < -0.3 is 113 Å². The van der Waals surface area contributed by atoms with Crippen molar-refractivity contribution >= 4 is 74.2 Å². The number of aliphatic hydroxyl groups is 3. The lowest BCUT2D eigenvalue weighted by atomic mass is 9.80. The van der Waals surface area contributed by atoms with Crippen molar-refractivity contribution in [3.8, 4) is 17.6 Å². The number of nitrogens with zero attached hydrogens (tertiary/aromatic N) is 4. The normalized spacial score (nSPS) is 24.6. The number of piperidine rings is 9. The molecule has 4 amide bonds. The van der Waals surface area contributed by atoms with Gasteiger partial charge >= 0.3 is 0 Å². The SMILES string of the molecule is CC(=O)SCCC[N+]12CCC(CC1)[C@@H](NC(=O)C(O)(c1ccc(F)c(C)c1)c1ccc(Br)s1)C2.COc1ccc(CCC(O)(C(=O)N[C@H]2C[N+]3(CCC(N)=O)CCC2CC3)c2ccco2)cc1.COc1ccc(CCC(O)(C(=O)N[C@H]2C[N+]3(CCCC#N)CCC2CC3)c2ccco2)cc1.O=C[O-].[Br-].[Br-]. The van der Waals surface area contributed by atoms with Crippen LogP contribution in [-0.4, -0.2) is 181 Å². The number of hydrogen-bond donors (Lipinski definition) is 7. The fourth-order valence-electron chi connectivity index (χ4n) is 16.3. The minimum absolute atomic E-state index is 0. The zero-order valence-corrected chi connectivity index (χ0v) is 66.5. The molecule has 0 aliphatic carbocycles. The van der Waals surface area contributed by atoms with Gasteiger partial charge in [-0.1, -0.05) is 42.1 Å². The van der Waals surface area contributed by atoms with E-state index in [9.17, 15) is 43.7 Å². The summed E-state index contributed by atoms with van der Waals surface area (Å²) in [6.45, 7) is 14.3. The minimum atomic E-state index is -1.90. The van der Waals surface area contributed by atoms with Gasteiger partial charge in [0.05, 0.1) is 145 Å². The number of quaternary nitrogens is 3. The van der Waals surface area contributed by atoms with E-state index in [0.29, 0.717) is 66.0 Å². The second-order valence-corrected chi connectivity index (χ2v) is 32.5. The van der Waals surface area contributed by atoms with Gasteiger partial charge in [0.15, 0.2) is 5.12 Å². The second kappa shape index (κ2) is 39.0. The van der Waals surface area contributed by atoms with Gasteiger partial charge in [-0.05, 0) is 161 Å². The summed E-state index contributed by atoms with van der Waals surface area (Å²) in [5.74, 6) is 2.14. The Kier molecular flexibility index (Phi) is 31.9. The number of carbonyl (C=O) groups is 6. The molecule has 9 aliphatic heterocycles. The Bertz CT molecular complexity index is 3830. The summed E-state index contributed by atoms with van der Waals surface area (Å²) in [4.78, 5) is 72.1. The first-order chi connectivity index (χ1) is 49.4. The van der Waals surface area contributed by atoms with E-state index in [1.165, 1.54) is 47.8 Å². The number of benzene rings is 3. The number of ether oxygens (including phenoxy) is 2. The van der Waals surface area contributed by atoms with Crippen molar-refractivity contribution in [2.24, 2.45) is 23.5 Å². The molecule has 8 N–H and O–H groups in total. The van der Waals surface area contributed by atoms with E-state index in [1.54, 1.807) is 64.5 Å². The summed E-state index contributed by atoms with van der Waals surface area (Å²) in [6.07, 6.45) is 13.4. The molecule has 0 saturated carbocycles. The maximum absolute atomic E-state index is 14.0. The second-order valence-electron chi connectivity index (χ2n) is 28.8. The number of aryl methyl sites for hydroxylation is 3. The van der Waals surface area contributed by atoms with Crippen molar-refractivity contribution in [3.05, 3.63) is 164 Å². The predicted molar refractivity (Wildman–Crippen MR) is 390 cm³/mol. The molecule has 3 aromatic carbocycles. The molecule has 0 radical (unpaired) electrons. The Morgan fingerprint density at radius 3 is 1.49 bits per heavy atom. The molecule has 15 rings (SSSR count). The van der Waals surface area contributed by atoms with Crippen LogP contribution in [0, 0.1) is 41.8 Å². The minimum Gasteiger partial charge on any atom is -1.00 e. The molecule has 12 heterocycles. The molecular formula is C77H100Br3FN8O14S2. The summed E-state index contributed by atoms with van der Waals surface area (Å²) >= 11 is 6.11. The Morgan fingerprint density at radius 2 is 1.11 bits per heavy atom. The Morgan fingerprint density at radius 1 is 0.686 bits per heavy atom. The highest BCUT2D eigenvalue weighted by molar-refractivity contribution is 9.11. The Labute approximate surface area is 652 Å². The summed E-state index contributed by atoms with van der Waals surface area (Å²) in [7, 11) is 3.24. The van der Waals surface area contributed by atoms with E-state index in [1.807, 2.05) is 54.6 Å². The molecule has 3 aromatic heterocycles. The maximum atomic E-state index is 14.0. The number of rotatable bonds is 28. The third kappa shape index (κ3) is 21.7. The molecular weight excluding hydrogens is 1580 g/mol. The molecule has 28 heteroatoms. The molecule has 22 nitrogen and oxygen atoms in total. The van der Waals surface area contributed by atoms with Gasteiger partial charge in [-0.25, -0.2) is 4.39 Å². The first kappa shape index (κ1) is 85.8. The number of fused-ring (bicyclic) bond motifs is 9. The number of halogens is 4. The van der Waals surface area contributed by atoms with Crippen LogP contribution in [0.2, 0.25) is 0 Å². The van der Waals surface area contributed by atoms with Gasteiger partial charge in [-0.15, -0.1) is 11.3 Å². The molecule has 6 aromatic rings. The lowest BCUT2D eigenvalue weighted by molar-refractivity contribution is -0.944. The van der Waals surface area contributed by atoms with E-state index < -0.39 is 35.1 Å². The summed E-state index contributed by atoms with van der Waals surface area (Å²) < 4.78 is 38.9. The number of primary amides is 1. The number of carbonyl (C=O) groups excluding carboxylic acids is 6. The van der Waals surface area contributed by atoms with Crippen LogP contribution in [0.5, 0.6) is 11.5 Å². The highest BCUT2D eigenvalue weighted by atomic mass is 79.9. The average molecular weight is 1680 g/mol. The van der Waals surface area contributed by atoms with Crippen LogP contribution in [-0.2, 0) is 58.4 Å². The first-order valence-corrected chi connectivity index (χ1v) is 38.3. The number of thiophene rings is 1. The molecule has 9 fully saturated rings. The molecule has 572 valence electrons. The van der Waals surface area contributed by atoms with Gasteiger partial charge in [-0.2, -0.15) is 5.26 Å². The molecule has 0 spiro atoms. The lowest BCUT2D eigenvalue weighted by Gasteiger charge is -2.53. The topological polar surface area (TPSA) is 317 Å². The molecule has 6 bridgehead atoms. The van der Waals surface area contributed by atoms with Crippen LogP contribution >= 0.6 is 39.0 Å². The van der Waals surface area contributed by atoms with E-state index in [-0.39, 0.29) is 99.2 Å². The zero-order valence-electron chi connectivity index (χ0n) is 60.1. The van der Waals surface area contributed by atoms with Crippen LogP contribution in [0.15, 0.2) is 128 Å². The highest BCUT2D eigenvalue weighted by Crippen LogP contribution is 2.42. The van der Waals surface area contributed by atoms with Crippen LogP contribution in [0.1, 0.15) is 123 Å². The molecule has 6 atom stereocenters. The average Bonchev–Trinajstić information content (AvgIpc) is 1.71. The predicted octanol–water partition coefficient (Wildman–Crippen LogP) is 1.81. The summed E-state index contributed by atoms with van der Waals surface area (Å²) in [5, 5.41) is 61.8. The van der Waals surface area contributed by atoms with Crippen molar-refractivity contribution < 1.29 is 119 Å². The number of hydrogen-bond acceptors (Lipinski definition) is 17. The smallest absolute Gasteiger partial charge is 0.262 e. The van der Waals surface area contributed by atoms with Gasteiger partial charge in [0.1, 0.15) is 28.8 Å². The largest absolute Gasteiger partial charge is 1.00 e. The Hall–Kier alpha value is -6.49. The number of furan rings is 2. The Balaban J connectivity index is 0.000000214. The van der Waals surface area contributed by atoms with E-state index in [4.69, 9.17) is 39.2 Å². The number of unbranched alkanes of at least 4 members (excludes halogenated alkanes) is 1. The van der Waals surface area contributed by atoms with Crippen molar-refractivity contribution in [3.63, 3.8) is 0 Å². The third-order valence-electron chi connectivity index (χ3n) is 22.4. The van der Waals surface area contributed by atoms with E-state index in [2.05, 4.69) is 37.9 Å². The van der Waals surface area contributed by atoms with Crippen LogP contribution in [0.25, 0.3) is 0 Å². The van der Waals surface area contributed by atoms with E-state index >= 15 is 0 Å².